The summed E-state index contributed by atoms with van der Waals surface area (Å²) in [5.74, 6) is -0.748. The number of rotatable bonds is 7. The average Bonchev–Trinajstić information content (AvgIpc) is 3.39. The number of piperazine rings is 1. The van der Waals surface area contributed by atoms with Crippen molar-refractivity contribution in [2.75, 3.05) is 39.3 Å². The van der Waals surface area contributed by atoms with Crippen LogP contribution in [0.5, 0.6) is 0 Å². The van der Waals surface area contributed by atoms with Crippen LogP contribution in [0.25, 0.3) is 0 Å². The Labute approximate surface area is 166 Å². The van der Waals surface area contributed by atoms with Crippen LogP contribution in [0.15, 0.2) is 35.0 Å². The van der Waals surface area contributed by atoms with E-state index in [9.17, 15) is 14.4 Å². The Bertz CT molecular complexity index is 754. The first-order chi connectivity index (χ1) is 13.1. The molecule has 1 fully saturated rings. The summed E-state index contributed by atoms with van der Waals surface area (Å²) in [6.45, 7) is 3.71. The molecule has 9 heteroatoms. The van der Waals surface area contributed by atoms with Gasteiger partial charge >= 0.3 is 0 Å². The van der Waals surface area contributed by atoms with E-state index < -0.39 is 0 Å². The highest BCUT2D eigenvalue weighted by Gasteiger charge is 2.21. The molecule has 1 aliphatic heterocycles. The number of nitrogens with zero attached hydrogens (tertiary/aromatic N) is 2. The van der Waals surface area contributed by atoms with Gasteiger partial charge in [-0.05, 0) is 22.9 Å². The topological polar surface area (TPSA) is 81.8 Å². The number of carbonyl (C=O) groups excluding carboxylic acids is 3. The molecule has 0 radical (unpaired) electrons. The highest BCUT2D eigenvalue weighted by Crippen LogP contribution is 2.13. The lowest BCUT2D eigenvalue weighted by atomic mass is 10.3. The molecule has 2 N–H and O–H groups in total. The largest absolute Gasteiger partial charge is 0.345 e. The lowest BCUT2D eigenvalue weighted by Crippen LogP contribution is -2.51. The van der Waals surface area contributed by atoms with Gasteiger partial charge in [-0.2, -0.15) is 0 Å². The molecule has 0 aromatic carbocycles. The highest BCUT2D eigenvalue weighted by atomic mass is 32.1. The fourth-order valence-electron chi connectivity index (χ4n) is 2.78. The van der Waals surface area contributed by atoms with Crippen molar-refractivity contribution in [1.82, 2.24) is 20.4 Å². The fraction of sp³-hybridized carbons (Fsp3) is 0.389. The molecule has 27 heavy (non-hydrogen) atoms. The van der Waals surface area contributed by atoms with Crippen LogP contribution < -0.4 is 10.6 Å². The van der Waals surface area contributed by atoms with Crippen molar-refractivity contribution in [3.8, 4) is 0 Å². The second-order valence-electron chi connectivity index (χ2n) is 6.17. The molecule has 3 heterocycles. The molecular weight excluding hydrogens is 384 g/mol. The molecule has 1 aliphatic rings. The summed E-state index contributed by atoms with van der Waals surface area (Å²) in [6.07, 6.45) is 0. The summed E-state index contributed by atoms with van der Waals surface area (Å²) in [4.78, 5) is 41.9. The molecule has 3 amide bonds. The Hall–Kier alpha value is -2.23. The van der Waals surface area contributed by atoms with Gasteiger partial charge in [0, 0.05) is 37.6 Å². The van der Waals surface area contributed by atoms with Crippen LogP contribution in [0.3, 0.4) is 0 Å². The van der Waals surface area contributed by atoms with Crippen molar-refractivity contribution in [2.45, 2.75) is 6.54 Å². The fourth-order valence-corrected chi connectivity index (χ4v) is 4.17. The van der Waals surface area contributed by atoms with Gasteiger partial charge in [-0.15, -0.1) is 22.7 Å². The second-order valence-corrected chi connectivity index (χ2v) is 8.15. The predicted molar refractivity (Wildman–Crippen MR) is 106 cm³/mol. The Morgan fingerprint density at radius 2 is 1.67 bits per heavy atom. The van der Waals surface area contributed by atoms with Crippen molar-refractivity contribution in [1.29, 1.82) is 0 Å². The number of hydrogen-bond donors (Lipinski definition) is 2. The van der Waals surface area contributed by atoms with Gasteiger partial charge in [0.2, 0.25) is 11.8 Å². The van der Waals surface area contributed by atoms with Crippen LogP contribution >= 0.6 is 22.7 Å². The Balaban J connectivity index is 1.32. The van der Waals surface area contributed by atoms with Crippen molar-refractivity contribution in [3.63, 3.8) is 0 Å². The Kier molecular flexibility index (Phi) is 6.97. The van der Waals surface area contributed by atoms with Crippen LogP contribution in [0.1, 0.15) is 14.5 Å². The van der Waals surface area contributed by atoms with E-state index in [1.165, 1.54) is 16.2 Å². The molecule has 1 saturated heterocycles. The summed E-state index contributed by atoms with van der Waals surface area (Å²) in [7, 11) is 0. The molecule has 2 aromatic rings. The Morgan fingerprint density at radius 1 is 0.926 bits per heavy atom. The maximum absolute atomic E-state index is 12.3. The van der Waals surface area contributed by atoms with Crippen molar-refractivity contribution in [2.24, 2.45) is 0 Å². The number of hydrogen-bond acceptors (Lipinski definition) is 6. The van der Waals surface area contributed by atoms with Gasteiger partial charge in [0.1, 0.15) is 0 Å². The third kappa shape index (κ3) is 5.88. The van der Waals surface area contributed by atoms with Crippen molar-refractivity contribution < 1.29 is 14.4 Å². The molecule has 144 valence electrons. The van der Waals surface area contributed by atoms with Gasteiger partial charge in [-0.25, -0.2) is 0 Å². The summed E-state index contributed by atoms with van der Waals surface area (Å²) in [5.41, 5.74) is 0. The van der Waals surface area contributed by atoms with E-state index in [1.807, 2.05) is 6.07 Å². The monoisotopic (exact) mass is 406 g/mol. The van der Waals surface area contributed by atoms with Crippen LogP contribution in [-0.2, 0) is 16.1 Å². The molecule has 0 spiro atoms. The SMILES string of the molecule is O=C(CNC(=O)c1cccs1)NCC(=O)N1CCN(Cc2cccs2)CC1. The number of amides is 3. The first-order valence-corrected chi connectivity index (χ1v) is 10.5. The third-order valence-electron chi connectivity index (χ3n) is 4.28. The smallest absolute Gasteiger partial charge is 0.261 e. The minimum absolute atomic E-state index is 0.0430. The maximum Gasteiger partial charge on any atom is 0.261 e. The van der Waals surface area contributed by atoms with Crippen LogP contribution in [0, 0.1) is 0 Å². The molecule has 0 unspecified atom stereocenters. The van der Waals surface area contributed by atoms with Crippen LogP contribution in [0.2, 0.25) is 0 Å². The lowest BCUT2D eigenvalue weighted by Gasteiger charge is -2.34. The van der Waals surface area contributed by atoms with E-state index in [0.29, 0.717) is 18.0 Å². The average molecular weight is 407 g/mol. The summed E-state index contributed by atoms with van der Waals surface area (Å²) >= 11 is 3.05. The van der Waals surface area contributed by atoms with Crippen molar-refractivity contribution >= 4 is 40.4 Å². The van der Waals surface area contributed by atoms with Gasteiger partial charge in [0.25, 0.3) is 5.91 Å². The minimum atomic E-state index is -0.371. The maximum atomic E-state index is 12.3. The molecule has 0 aliphatic carbocycles. The van der Waals surface area contributed by atoms with E-state index in [-0.39, 0.29) is 30.8 Å². The second kappa shape index (κ2) is 9.63. The number of thiophene rings is 2. The van der Waals surface area contributed by atoms with Gasteiger partial charge in [0.15, 0.2) is 0 Å². The van der Waals surface area contributed by atoms with Gasteiger partial charge in [-0.1, -0.05) is 12.1 Å². The first-order valence-electron chi connectivity index (χ1n) is 8.73. The molecule has 0 saturated carbocycles. The minimum Gasteiger partial charge on any atom is -0.345 e. The molecule has 0 bridgehead atoms. The van der Waals surface area contributed by atoms with Crippen molar-refractivity contribution in [3.05, 3.63) is 44.8 Å². The summed E-state index contributed by atoms with van der Waals surface area (Å²) < 4.78 is 0. The van der Waals surface area contributed by atoms with E-state index in [2.05, 4.69) is 27.0 Å². The standard InChI is InChI=1S/C18H22N4O3S2/c23-16(11-20-18(25)15-4-2-10-27-15)19-12-17(24)22-7-5-21(6-8-22)13-14-3-1-9-26-14/h1-4,9-10H,5-8,11-13H2,(H,19,23)(H,20,25). The number of nitrogens with one attached hydrogen (secondary N) is 2. The molecule has 7 nitrogen and oxygen atoms in total. The zero-order valence-electron chi connectivity index (χ0n) is 14.8. The van der Waals surface area contributed by atoms with E-state index >= 15 is 0 Å². The van der Waals surface area contributed by atoms with Gasteiger partial charge in [0.05, 0.1) is 18.0 Å². The molecular formula is C18H22N4O3S2. The zero-order valence-corrected chi connectivity index (χ0v) is 16.5. The first kappa shape index (κ1) is 19.5. The normalized spacial score (nSPS) is 14.7. The molecule has 2 aromatic heterocycles. The summed E-state index contributed by atoms with van der Waals surface area (Å²) in [6, 6.07) is 7.64. The lowest BCUT2D eigenvalue weighted by molar-refractivity contribution is -0.134. The van der Waals surface area contributed by atoms with E-state index in [0.717, 1.165) is 19.6 Å². The van der Waals surface area contributed by atoms with Crippen LogP contribution in [0.4, 0.5) is 0 Å². The van der Waals surface area contributed by atoms with Crippen LogP contribution in [-0.4, -0.2) is 66.8 Å². The molecule has 3 rings (SSSR count). The predicted octanol–water partition coefficient (Wildman–Crippen LogP) is 1.00. The Morgan fingerprint density at radius 3 is 2.33 bits per heavy atom. The van der Waals surface area contributed by atoms with E-state index in [1.54, 1.807) is 33.7 Å². The quantitative estimate of drug-likeness (QED) is 0.719. The molecule has 0 atom stereocenters. The highest BCUT2D eigenvalue weighted by molar-refractivity contribution is 7.12. The zero-order chi connectivity index (χ0) is 19.1. The summed E-state index contributed by atoms with van der Waals surface area (Å²) in [5, 5.41) is 8.99. The van der Waals surface area contributed by atoms with Gasteiger partial charge in [-0.3, -0.25) is 19.3 Å². The van der Waals surface area contributed by atoms with E-state index in [4.69, 9.17) is 0 Å². The van der Waals surface area contributed by atoms with Gasteiger partial charge < -0.3 is 15.5 Å². The number of carbonyl (C=O) groups is 3. The third-order valence-corrected chi connectivity index (χ3v) is 6.01.